The molecule has 130 valence electrons. The first-order valence-corrected chi connectivity index (χ1v) is 7.72. The zero-order valence-corrected chi connectivity index (χ0v) is 14.0. The fraction of sp³-hybridized carbons (Fsp3) is 0.211. The zero-order chi connectivity index (χ0) is 18.4. The first kappa shape index (κ1) is 18.2. The van der Waals surface area contributed by atoms with Gasteiger partial charge in [-0.2, -0.15) is 0 Å². The minimum Gasteiger partial charge on any atom is -0.480 e. The van der Waals surface area contributed by atoms with Crippen LogP contribution in [-0.4, -0.2) is 35.6 Å². The van der Waals surface area contributed by atoms with Crippen molar-refractivity contribution in [3.8, 4) is 11.1 Å². The second-order valence-corrected chi connectivity index (χ2v) is 5.53. The molecule has 0 radical (unpaired) electrons. The van der Waals surface area contributed by atoms with Gasteiger partial charge < -0.3 is 15.2 Å². The maximum Gasteiger partial charge on any atom is 0.329 e. The Morgan fingerprint density at radius 1 is 1.08 bits per heavy atom. The first-order valence-electron chi connectivity index (χ1n) is 7.72. The van der Waals surface area contributed by atoms with Crippen LogP contribution < -0.4 is 5.32 Å². The molecule has 0 saturated carbocycles. The summed E-state index contributed by atoms with van der Waals surface area (Å²) in [6, 6.07) is 13.4. The van der Waals surface area contributed by atoms with E-state index >= 15 is 0 Å². The van der Waals surface area contributed by atoms with Crippen LogP contribution in [0.4, 0.5) is 0 Å². The standard InChI is InChI=1S/C19H19NO5/c1-12-7-6-10-15(14-8-4-3-5-9-14)17(12)18(22)20-16(19(23)24)11-25-13(2)21/h3-10,16H,11H2,1-2H3,(H,20,22)(H,23,24)/t16-/m0/s1. The molecular formula is C19H19NO5. The third-order valence-electron chi connectivity index (χ3n) is 3.64. The van der Waals surface area contributed by atoms with E-state index in [1.807, 2.05) is 36.4 Å². The van der Waals surface area contributed by atoms with Crippen molar-refractivity contribution in [1.29, 1.82) is 0 Å². The SMILES string of the molecule is CC(=O)OC[C@H](NC(=O)c1c(C)cccc1-c1ccccc1)C(=O)O. The van der Waals surface area contributed by atoms with E-state index in [2.05, 4.69) is 5.32 Å². The summed E-state index contributed by atoms with van der Waals surface area (Å²) < 4.78 is 4.71. The van der Waals surface area contributed by atoms with Crippen LogP contribution in [0.5, 0.6) is 0 Å². The normalized spacial score (nSPS) is 11.4. The molecule has 6 nitrogen and oxygen atoms in total. The van der Waals surface area contributed by atoms with Crippen LogP contribution in [0.2, 0.25) is 0 Å². The molecule has 2 N–H and O–H groups in total. The van der Waals surface area contributed by atoms with Gasteiger partial charge in [0.2, 0.25) is 0 Å². The molecule has 2 aromatic rings. The molecule has 0 aromatic heterocycles. The highest BCUT2D eigenvalue weighted by atomic mass is 16.5. The number of esters is 1. The number of amides is 1. The summed E-state index contributed by atoms with van der Waals surface area (Å²) in [5.41, 5.74) is 2.66. The van der Waals surface area contributed by atoms with Gasteiger partial charge in [0.1, 0.15) is 6.61 Å². The minimum atomic E-state index is -1.32. The summed E-state index contributed by atoms with van der Waals surface area (Å²) in [5, 5.41) is 11.7. The lowest BCUT2D eigenvalue weighted by Crippen LogP contribution is -2.44. The monoisotopic (exact) mass is 341 g/mol. The van der Waals surface area contributed by atoms with E-state index in [0.29, 0.717) is 11.1 Å². The van der Waals surface area contributed by atoms with Crippen molar-refractivity contribution in [2.24, 2.45) is 0 Å². The Balaban J connectivity index is 2.32. The lowest BCUT2D eigenvalue weighted by molar-refractivity contribution is -0.146. The molecule has 2 aromatic carbocycles. The van der Waals surface area contributed by atoms with E-state index in [4.69, 9.17) is 4.74 Å². The molecule has 0 saturated heterocycles. The van der Waals surface area contributed by atoms with E-state index < -0.39 is 30.5 Å². The van der Waals surface area contributed by atoms with Gasteiger partial charge in [-0.1, -0.05) is 48.5 Å². The van der Waals surface area contributed by atoms with Gasteiger partial charge in [0.15, 0.2) is 6.04 Å². The molecule has 6 heteroatoms. The van der Waals surface area contributed by atoms with E-state index in [9.17, 15) is 19.5 Å². The lowest BCUT2D eigenvalue weighted by atomic mass is 9.95. The number of hydrogen-bond acceptors (Lipinski definition) is 4. The van der Waals surface area contributed by atoms with Crippen LogP contribution in [0.3, 0.4) is 0 Å². The average molecular weight is 341 g/mol. The molecule has 1 amide bonds. The summed E-state index contributed by atoms with van der Waals surface area (Å²) in [6.45, 7) is 2.53. The van der Waals surface area contributed by atoms with Gasteiger partial charge in [0.25, 0.3) is 5.91 Å². The minimum absolute atomic E-state index is 0.391. The Morgan fingerprint density at radius 2 is 1.76 bits per heavy atom. The molecule has 1 atom stereocenters. The molecule has 0 bridgehead atoms. The maximum absolute atomic E-state index is 12.7. The predicted molar refractivity (Wildman–Crippen MR) is 92.1 cm³/mol. The van der Waals surface area contributed by atoms with Crippen LogP contribution in [-0.2, 0) is 14.3 Å². The molecule has 0 unspecified atom stereocenters. The van der Waals surface area contributed by atoms with E-state index in [0.717, 1.165) is 11.1 Å². The highest BCUT2D eigenvalue weighted by molar-refractivity contribution is 6.03. The topological polar surface area (TPSA) is 92.7 Å². The van der Waals surface area contributed by atoms with Gasteiger partial charge in [-0.15, -0.1) is 0 Å². The Kier molecular flexibility index (Phi) is 5.89. The van der Waals surface area contributed by atoms with Gasteiger partial charge >= 0.3 is 11.9 Å². The number of carbonyl (C=O) groups excluding carboxylic acids is 2. The van der Waals surface area contributed by atoms with Crippen molar-refractivity contribution in [2.45, 2.75) is 19.9 Å². The van der Waals surface area contributed by atoms with Crippen molar-refractivity contribution >= 4 is 17.8 Å². The highest BCUT2D eigenvalue weighted by Gasteiger charge is 2.24. The van der Waals surface area contributed by atoms with E-state index in [-0.39, 0.29) is 0 Å². The number of hydrogen-bond donors (Lipinski definition) is 2. The molecule has 2 rings (SSSR count). The molecular weight excluding hydrogens is 322 g/mol. The van der Waals surface area contributed by atoms with Gasteiger partial charge in [-0.25, -0.2) is 4.79 Å². The van der Waals surface area contributed by atoms with Crippen molar-refractivity contribution in [3.05, 3.63) is 59.7 Å². The van der Waals surface area contributed by atoms with E-state index in [1.165, 1.54) is 6.92 Å². The third kappa shape index (κ3) is 4.67. The van der Waals surface area contributed by atoms with Gasteiger partial charge in [-0.3, -0.25) is 9.59 Å². The van der Waals surface area contributed by atoms with Crippen LogP contribution >= 0.6 is 0 Å². The van der Waals surface area contributed by atoms with Crippen LogP contribution in [0, 0.1) is 6.92 Å². The van der Waals surface area contributed by atoms with Crippen molar-refractivity contribution in [1.82, 2.24) is 5.32 Å². The molecule has 25 heavy (non-hydrogen) atoms. The van der Waals surface area contributed by atoms with Crippen LogP contribution in [0.15, 0.2) is 48.5 Å². The van der Waals surface area contributed by atoms with Gasteiger partial charge in [-0.05, 0) is 23.6 Å². The number of nitrogens with one attached hydrogen (secondary N) is 1. The second-order valence-electron chi connectivity index (χ2n) is 5.53. The molecule has 0 fully saturated rings. The summed E-state index contributed by atoms with van der Waals surface area (Å²) >= 11 is 0. The number of aliphatic carboxylic acids is 1. The maximum atomic E-state index is 12.7. The molecule has 0 aliphatic carbocycles. The quantitative estimate of drug-likeness (QED) is 0.787. The number of carboxylic acid groups (broad SMARTS) is 1. The molecule has 0 heterocycles. The Labute approximate surface area is 145 Å². The second kappa shape index (κ2) is 8.10. The summed E-state index contributed by atoms with van der Waals surface area (Å²) in [7, 11) is 0. The number of carboxylic acids is 1. The molecule has 0 aliphatic rings. The predicted octanol–water partition coefficient (Wildman–Crippen LogP) is 2.41. The number of aryl methyl sites for hydroxylation is 1. The summed E-state index contributed by atoms with van der Waals surface area (Å²) in [6.07, 6.45) is 0. The zero-order valence-electron chi connectivity index (χ0n) is 14.0. The summed E-state index contributed by atoms with van der Waals surface area (Å²) in [4.78, 5) is 34.9. The van der Waals surface area contributed by atoms with Gasteiger partial charge in [0.05, 0.1) is 5.56 Å². The van der Waals surface area contributed by atoms with Crippen molar-refractivity contribution in [3.63, 3.8) is 0 Å². The third-order valence-corrected chi connectivity index (χ3v) is 3.64. The van der Waals surface area contributed by atoms with Crippen molar-refractivity contribution < 1.29 is 24.2 Å². The van der Waals surface area contributed by atoms with Crippen LogP contribution in [0.1, 0.15) is 22.8 Å². The Morgan fingerprint density at radius 3 is 2.36 bits per heavy atom. The van der Waals surface area contributed by atoms with Gasteiger partial charge in [0, 0.05) is 6.92 Å². The fourth-order valence-corrected chi connectivity index (χ4v) is 2.43. The largest absolute Gasteiger partial charge is 0.480 e. The van der Waals surface area contributed by atoms with E-state index in [1.54, 1.807) is 19.1 Å². The summed E-state index contributed by atoms with van der Waals surface area (Å²) in [5.74, 6) is -2.41. The van der Waals surface area contributed by atoms with Crippen LogP contribution in [0.25, 0.3) is 11.1 Å². The van der Waals surface area contributed by atoms with Crippen molar-refractivity contribution in [2.75, 3.05) is 6.61 Å². The number of rotatable bonds is 6. The number of carbonyl (C=O) groups is 3. The lowest BCUT2D eigenvalue weighted by Gasteiger charge is -2.17. The molecule has 0 aliphatic heterocycles. The first-order chi connectivity index (χ1) is 11.9. The molecule has 0 spiro atoms. The highest BCUT2D eigenvalue weighted by Crippen LogP contribution is 2.26. The smallest absolute Gasteiger partial charge is 0.329 e. The fourth-order valence-electron chi connectivity index (χ4n) is 2.43. The number of ether oxygens (including phenoxy) is 1. The Hall–Kier alpha value is -3.15. The number of benzene rings is 2. The Bertz CT molecular complexity index is 786. The average Bonchev–Trinajstić information content (AvgIpc) is 2.58.